The molecule has 5 heteroatoms. The first-order valence-electron chi connectivity index (χ1n) is 6.65. The molecule has 0 spiro atoms. The van der Waals surface area contributed by atoms with Gasteiger partial charge in [0, 0.05) is 26.1 Å². The van der Waals surface area contributed by atoms with E-state index < -0.39 is 12.1 Å². The molecular weight excluding hydrogens is 234 g/mol. The van der Waals surface area contributed by atoms with Crippen molar-refractivity contribution in [2.24, 2.45) is 0 Å². The first kappa shape index (κ1) is 15.0. The smallest absolute Gasteiger partial charge is 0.303 e. The van der Waals surface area contributed by atoms with Crippen molar-refractivity contribution in [2.75, 3.05) is 13.7 Å². The Labute approximate surface area is 108 Å². The van der Waals surface area contributed by atoms with E-state index in [1.54, 1.807) is 7.11 Å². The first-order valence-corrected chi connectivity index (χ1v) is 6.65. The Hall–Kier alpha value is -1.10. The largest absolute Gasteiger partial charge is 0.481 e. The van der Waals surface area contributed by atoms with Gasteiger partial charge in [0.1, 0.15) is 6.10 Å². The zero-order valence-corrected chi connectivity index (χ0v) is 11.2. The molecule has 104 valence electrons. The summed E-state index contributed by atoms with van der Waals surface area (Å²) in [5.74, 6) is -0.790. The highest BCUT2D eigenvalue weighted by Gasteiger charge is 2.30. The lowest BCUT2D eigenvalue weighted by molar-refractivity contribution is -0.147. The van der Waals surface area contributed by atoms with E-state index in [4.69, 9.17) is 9.84 Å². The molecule has 1 heterocycles. The first-order chi connectivity index (χ1) is 8.60. The molecule has 1 aliphatic heterocycles. The summed E-state index contributed by atoms with van der Waals surface area (Å²) >= 11 is 0. The second kappa shape index (κ2) is 7.36. The van der Waals surface area contributed by atoms with Crippen molar-refractivity contribution in [1.82, 2.24) is 4.90 Å². The summed E-state index contributed by atoms with van der Waals surface area (Å²) in [7, 11) is 1.54. The minimum atomic E-state index is -0.799. The van der Waals surface area contributed by atoms with Gasteiger partial charge >= 0.3 is 5.97 Å². The van der Waals surface area contributed by atoms with Crippen molar-refractivity contribution < 1.29 is 19.4 Å². The van der Waals surface area contributed by atoms with Crippen LogP contribution in [-0.2, 0) is 14.3 Å². The third kappa shape index (κ3) is 3.98. The summed E-state index contributed by atoms with van der Waals surface area (Å²) < 4.78 is 5.18. The van der Waals surface area contributed by atoms with Crippen LogP contribution in [0.15, 0.2) is 0 Å². The zero-order valence-electron chi connectivity index (χ0n) is 11.2. The van der Waals surface area contributed by atoms with Crippen LogP contribution < -0.4 is 0 Å². The van der Waals surface area contributed by atoms with E-state index in [1.807, 2.05) is 11.8 Å². The lowest BCUT2D eigenvalue weighted by Crippen LogP contribution is -2.48. The van der Waals surface area contributed by atoms with E-state index in [0.29, 0.717) is 12.8 Å². The molecule has 0 saturated carbocycles. The Bertz CT molecular complexity index is 289. The molecule has 2 unspecified atom stereocenters. The van der Waals surface area contributed by atoms with Gasteiger partial charge in [0.15, 0.2) is 0 Å². The number of methoxy groups -OCH3 is 1. The van der Waals surface area contributed by atoms with Gasteiger partial charge in [-0.2, -0.15) is 0 Å². The fourth-order valence-corrected chi connectivity index (χ4v) is 2.51. The highest BCUT2D eigenvalue weighted by atomic mass is 16.5. The normalized spacial score (nSPS) is 21.7. The van der Waals surface area contributed by atoms with Crippen molar-refractivity contribution in [3.8, 4) is 0 Å². The van der Waals surface area contributed by atoms with Crippen LogP contribution in [0.4, 0.5) is 0 Å². The fraction of sp³-hybridized carbons (Fsp3) is 0.846. The topological polar surface area (TPSA) is 66.8 Å². The maximum atomic E-state index is 12.3. The van der Waals surface area contributed by atoms with Crippen molar-refractivity contribution >= 4 is 11.9 Å². The Morgan fingerprint density at radius 2 is 2.17 bits per heavy atom. The summed E-state index contributed by atoms with van der Waals surface area (Å²) in [5, 5.41) is 8.74. The maximum absolute atomic E-state index is 12.3. The number of amides is 1. The molecule has 1 saturated heterocycles. The number of hydrogen-bond donors (Lipinski definition) is 1. The molecule has 1 rings (SSSR count). The van der Waals surface area contributed by atoms with Crippen LogP contribution in [0, 0.1) is 0 Å². The van der Waals surface area contributed by atoms with E-state index in [-0.39, 0.29) is 18.4 Å². The molecule has 18 heavy (non-hydrogen) atoms. The van der Waals surface area contributed by atoms with Crippen LogP contribution in [0.3, 0.4) is 0 Å². The van der Waals surface area contributed by atoms with E-state index in [9.17, 15) is 9.59 Å². The summed E-state index contributed by atoms with van der Waals surface area (Å²) in [4.78, 5) is 24.7. The van der Waals surface area contributed by atoms with E-state index in [2.05, 4.69) is 0 Å². The van der Waals surface area contributed by atoms with Gasteiger partial charge in [0.05, 0.1) is 0 Å². The van der Waals surface area contributed by atoms with Gasteiger partial charge in [-0.3, -0.25) is 9.59 Å². The number of rotatable bonds is 6. The number of carboxylic acids is 1. The predicted molar refractivity (Wildman–Crippen MR) is 67.3 cm³/mol. The van der Waals surface area contributed by atoms with Crippen LogP contribution in [0.25, 0.3) is 0 Å². The van der Waals surface area contributed by atoms with Gasteiger partial charge in [-0.15, -0.1) is 0 Å². The minimum Gasteiger partial charge on any atom is -0.481 e. The second-order valence-electron chi connectivity index (χ2n) is 4.75. The molecule has 2 atom stereocenters. The van der Waals surface area contributed by atoms with Crippen LogP contribution in [0.5, 0.6) is 0 Å². The molecule has 0 aromatic rings. The third-order valence-corrected chi connectivity index (χ3v) is 3.53. The molecule has 0 radical (unpaired) electrons. The van der Waals surface area contributed by atoms with Crippen molar-refractivity contribution in [1.29, 1.82) is 0 Å². The summed E-state index contributed by atoms with van der Waals surface area (Å²) in [5.41, 5.74) is 0. The summed E-state index contributed by atoms with van der Waals surface area (Å²) in [6, 6.07) is 0.0616. The number of hydrogen-bond acceptors (Lipinski definition) is 3. The molecule has 1 aliphatic rings. The fourth-order valence-electron chi connectivity index (χ4n) is 2.51. The summed E-state index contributed by atoms with van der Waals surface area (Å²) in [6.45, 7) is 2.64. The number of likely N-dealkylation sites (tertiary alicyclic amines) is 1. The Morgan fingerprint density at radius 1 is 1.44 bits per heavy atom. The average molecular weight is 257 g/mol. The molecule has 0 aliphatic carbocycles. The van der Waals surface area contributed by atoms with E-state index in [1.165, 1.54) is 0 Å². The second-order valence-corrected chi connectivity index (χ2v) is 4.75. The number of aliphatic carboxylic acids is 1. The Morgan fingerprint density at radius 3 is 2.72 bits per heavy atom. The van der Waals surface area contributed by atoms with Gasteiger partial charge in [-0.1, -0.05) is 6.92 Å². The monoisotopic (exact) mass is 257 g/mol. The quantitative estimate of drug-likeness (QED) is 0.785. The van der Waals surface area contributed by atoms with Crippen LogP contribution >= 0.6 is 0 Å². The number of carbonyl (C=O) groups is 2. The molecule has 0 bridgehead atoms. The highest BCUT2D eigenvalue weighted by molar-refractivity contribution is 5.81. The zero-order chi connectivity index (χ0) is 13.5. The lowest BCUT2D eigenvalue weighted by atomic mass is 9.97. The molecule has 1 amide bonds. The molecule has 5 nitrogen and oxygen atoms in total. The van der Waals surface area contributed by atoms with Crippen molar-refractivity contribution in [3.63, 3.8) is 0 Å². The Balaban J connectivity index is 2.63. The number of nitrogens with zero attached hydrogens (tertiary/aromatic N) is 1. The van der Waals surface area contributed by atoms with Gasteiger partial charge < -0.3 is 14.7 Å². The maximum Gasteiger partial charge on any atom is 0.303 e. The van der Waals surface area contributed by atoms with Crippen molar-refractivity contribution in [3.05, 3.63) is 0 Å². The Kier molecular flexibility index (Phi) is 6.12. The highest BCUT2D eigenvalue weighted by Crippen LogP contribution is 2.22. The van der Waals surface area contributed by atoms with Crippen LogP contribution in [0.1, 0.15) is 45.4 Å². The number of piperidine rings is 1. The molecule has 0 aromatic carbocycles. The number of carboxylic acid groups (broad SMARTS) is 1. The number of ether oxygens (including phenoxy) is 1. The van der Waals surface area contributed by atoms with Crippen molar-refractivity contribution in [2.45, 2.75) is 57.6 Å². The van der Waals surface area contributed by atoms with Gasteiger partial charge in [-0.05, 0) is 32.1 Å². The molecule has 0 aromatic heterocycles. The average Bonchev–Trinajstić information content (AvgIpc) is 2.38. The van der Waals surface area contributed by atoms with E-state index in [0.717, 1.165) is 25.8 Å². The van der Waals surface area contributed by atoms with Crippen LogP contribution in [0.2, 0.25) is 0 Å². The third-order valence-electron chi connectivity index (χ3n) is 3.53. The lowest BCUT2D eigenvalue weighted by Gasteiger charge is -2.37. The SMILES string of the molecule is CCC(OC)C(=O)N1CCCCC1CCC(=O)O. The van der Waals surface area contributed by atoms with E-state index >= 15 is 0 Å². The predicted octanol–water partition coefficient (Wildman–Crippen LogP) is 1.66. The molecular formula is C13H23NO4. The van der Waals surface area contributed by atoms with Gasteiger partial charge in [-0.25, -0.2) is 0 Å². The summed E-state index contributed by atoms with van der Waals surface area (Å²) in [6.07, 6.45) is 3.89. The number of carbonyl (C=O) groups excluding carboxylic acids is 1. The molecule has 1 fully saturated rings. The van der Waals surface area contributed by atoms with Gasteiger partial charge in [0.25, 0.3) is 5.91 Å². The molecule has 1 N–H and O–H groups in total. The minimum absolute atomic E-state index is 0.00934. The standard InChI is InChI=1S/C13H23NO4/c1-3-11(18-2)13(17)14-9-5-4-6-10(14)7-8-12(15)16/h10-11H,3-9H2,1-2H3,(H,15,16). The van der Waals surface area contributed by atoms with Crippen LogP contribution in [-0.4, -0.2) is 47.7 Å². The van der Waals surface area contributed by atoms with Gasteiger partial charge in [0.2, 0.25) is 0 Å².